The molecule has 0 saturated heterocycles. The average Bonchev–Trinajstić information content (AvgIpc) is 2.91. The molecule has 0 aliphatic rings. The molecule has 0 saturated carbocycles. The van der Waals surface area contributed by atoms with Crippen LogP contribution in [-0.4, -0.2) is 15.0 Å². The third-order valence-electron chi connectivity index (χ3n) is 4.62. The lowest BCUT2D eigenvalue weighted by Gasteiger charge is -2.15. The van der Waals surface area contributed by atoms with Crippen LogP contribution in [0.4, 0.5) is 0 Å². The Balaban J connectivity index is 1.99. The van der Waals surface area contributed by atoms with Crippen molar-refractivity contribution in [1.29, 1.82) is 0 Å². The standard InChI is InChI=1S/C21H21ClN2O2S/c1-14(17-7-5-4-6-8-17)23-15(2)20(24(16(3)25)21(23)26)13-27-19-11-9-18(22)10-12-19/h4-12,14H,13H2,1-3H3/t14-/m0/s1. The van der Waals surface area contributed by atoms with E-state index in [1.165, 1.54) is 11.5 Å². The topological polar surface area (TPSA) is 44.0 Å². The quantitative estimate of drug-likeness (QED) is 0.554. The van der Waals surface area contributed by atoms with E-state index < -0.39 is 0 Å². The van der Waals surface area contributed by atoms with Gasteiger partial charge in [-0.25, -0.2) is 9.36 Å². The van der Waals surface area contributed by atoms with Gasteiger partial charge in [0.2, 0.25) is 5.91 Å². The molecular weight excluding hydrogens is 380 g/mol. The van der Waals surface area contributed by atoms with Crippen LogP contribution in [0.2, 0.25) is 5.02 Å². The van der Waals surface area contributed by atoms with E-state index in [9.17, 15) is 9.59 Å². The molecule has 4 nitrogen and oxygen atoms in total. The summed E-state index contributed by atoms with van der Waals surface area (Å²) in [5.74, 6) is 0.255. The zero-order valence-corrected chi connectivity index (χ0v) is 17.1. The number of nitrogens with zero attached hydrogens (tertiary/aromatic N) is 2. The lowest BCUT2D eigenvalue weighted by atomic mass is 10.1. The second-order valence-electron chi connectivity index (χ2n) is 6.37. The van der Waals surface area contributed by atoms with Crippen molar-refractivity contribution >= 4 is 29.3 Å². The number of aromatic nitrogens is 2. The predicted octanol–water partition coefficient (Wildman–Crippen LogP) is 5.17. The zero-order chi connectivity index (χ0) is 19.6. The van der Waals surface area contributed by atoms with Gasteiger partial charge in [0.1, 0.15) is 0 Å². The minimum atomic E-state index is -0.289. The normalized spacial score (nSPS) is 12.1. The molecule has 0 fully saturated rings. The molecule has 140 valence electrons. The summed E-state index contributed by atoms with van der Waals surface area (Å²) in [4.78, 5) is 26.2. The van der Waals surface area contributed by atoms with Gasteiger partial charge >= 0.3 is 5.69 Å². The second-order valence-corrected chi connectivity index (χ2v) is 7.85. The van der Waals surface area contributed by atoms with E-state index in [1.54, 1.807) is 16.3 Å². The Labute approximate surface area is 167 Å². The Morgan fingerprint density at radius 1 is 1.11 bits per heavy atom. The average molecular weight is 401 g/mol. The molecule has 3 aromatic rings. The van der Waals surface area contributed by atoms with E-state index in [-0.39, 0.29) is 17.6 Å². The van der Waals surface area contributed by atoms with Crippen LogP contribution >= 0.6 is 23.4 Å². The number of rotatable bonds is 5. The number of thioether (sulfide) groups is 1. The van der Waals surface area contributed by atoms with Crippen molar-refractivity contribution < 1.29 is 4.79 Å². The van der Waals surface area contributed by atoms with E-state index in [1.807, 2.05) is 68.4 Å². The number of imidazole rings is 1. The summed E-state index contributed by atoms with van der Waals surface area (Å²) in [5, 5.41) is 0.680. The van der Waals surface area contributed by atoms with Gasteiger partial charge in [0.05, 0.1) is 11.7 Å². The summed E-state index contributed by atoms with van der Waals surface area (Å²) in [6, 6.07) is 17.2. The molecule has 1 atom stereocenters. The molecule has 0 aliphatic carbocycles. The Kier molecular flexibility index (Phi) is 5.92. The number of hydrogen-bond acceptors (Lipinski definition) is 3. The molecule has 6 heteroatoms. The third-order valence-corrected chi connectivity index (χ3v) is 5.89. The van der Waals surface area contributed by atoms with Crippen LogP contribution < -0.4 is 5.69 Å². The molecule has 27 heavy (non-hydrogen) atoms. The summed E-state index contributed by atoms with van der Waals surface area (Å²) in [5.41, 5.74) is 2.28. The van der Waals surface area contributed by atoms with Gasteiger partial charge in [-0.1, -0.05) is 41.9 Å². The Bertz CT molecular complexity index is 1010. The largest absolute Gasteiger partial charge is 0.336 e. The first-order valence-electron chi connectivity index (χ1n) is 8.67. The van der Waals surface area contributed by atoms with Crippen LogP contribution in [0.5, 0.6) is 0 Å². The molecular formula is C21H21ClN2O2S. The molecule has 2 aromatic carbocycles. The van der Waals surface area contributed by atoms with Gasteiger partial charge in [0, 0.05) is 28.3 Å². The van der Waals surface area contributed by atoms with Crippen LogP contribution in [0.3, 0.4) is 0 Å². The van der Waals surface area contributed by atoms with E-state index in [0.29, 0.717) is 10.8 Å². The van der Waals surface area contributed by atoms with Gasteiger partial charge in [-0.05, 0) is 43.7 Å². The second kappa shape index (κ2) is 8.19. The van der Waals surface area contributed by atoms with Crippen LogP contribution in [0.25, 0.3) is 0 Å². The first-order valence-corrected chi connectivity index (χ1v) is 10.0. The highest BCUT2D eigenvalue weighted by Crippen LogP contribution is 2.27. The lowest BCUT2D eigenvalue weighted by molar-refractivity contribution is 0.0929. The highest BCUT2D eigenvalue weighted by molar-refractivity contribution is 7.98. The number of carbonyl (C=O) groups excluding carboxylic acids is 1. The molecule has 3 rings (SSSR count). The van der Waals surface area contributed by atoms with Crippen LogP contribution in [0.1, 0.15) is 41.6 Å². The fourth-order valence-corrected chi connectivity index (χ4v) is 4.28. The summed E-state index contributed by atoms with van der Waals surface area (Å²) in [6.45, 7) is 5.30. The van der Waals surface area contributed by atoms with E-state index in [4.69, 9.17) is 11.6 Å². The van der Waals surface area contributed by atoms with Crippen molar-refractivity contribution in [2.24, 2.45) is 0 Å². The van der Waals surface area contributed by atoms with Crippen molar-refractivity contribution in [2.45, 2.75) is 37.5 Å². The number of hydrogen-bond donors (Lipinski definition) is 0. The smallest absolute Gasteiger partial charge is 0.289 e. The Morgan fingerprint density at radius 2 is 1.74 bits per heavy atom. The Hall–Kier alpha value is -2.24. The number of carbonyl (C=O) groups is 1. The first kappa shape index (κ1) is 19.5. The third kappa shape index (κ3) is 4.04. The summed E-state index contributed by atoms with van der Waals surface area (Å²) >= 11 is 7.51. The number of benzene rings is 2. The van der Waals surface area contributed by atoms with Gasteiger partial charge in [-0.3, -0.25) is 9.36 Å². The molecule has 1 heterocycles. The lowest BCUT2D eigenvalue weighted by Crippen LogP contribution is -2.30. The van der Waals surface area contributed by atoms with Crippen molar-refractivity contribution in [3.63, 3.8) is 0 Å². The zero-order valence-electron chi connectivity index (χ0n) is 15.5. The van der Waals surface area contributed by atoms with Gasteiger partial charge in [-0.15, -0.1) is 11.8 Å². The van der Waals surface area contributed by atoms with E-state index in [2.05, 4.69) is 0 Å². The van der Waals surface area contributed by atoms with Gasteiger partial charge in [0.25, 0.3) is 0 Å². The summed E-state index contributed by atoms with van der Waals surface area (Å²) in [6.07, 6.45) is 0. The maximum atomic E-state index is 13.0. The molecule has 0 unspecified atom stereocenters. The van der Waals surface area contributed by atoms with E-state index >= 15 is 0 Å². The van der Waals surface area contributed by atoms with Crippen molar-refractivity contribution in [3.8, 4) is 0 Å². The van der Waals surface area contributed by atoms with Crippen molar-refractivity contribution in [3.05, 3.63) is 87.1 Å². The predicted molar refractivity (Wildman–Crippen MR) is 111 cm³/mol. The fraction of sp³-hybridized carbons (Fsp3) is 0.238. The molecule has 1 aromatic heterocycles. The maximum Gasteiger partial charge on any atom is 0.336 e. The summed E-state index contributed by atoms with van der Waals surface area (Å²) in [7, 11) is 0. The SMILES string of the molecule is CC(=O)n1c(CSc2ccc(Cl)cc2)c(C)n([C@@H](C)c2ccccc2)c1=O. The molecule has 0 radical (unpaired) electrons. The van der Waals surface area contributed by atoms with E-state index in [0.717, 1.165) is 21.8 Å². The molecule has 0 amide bonds. The molecule has 0 aliphatic heterocycles. The van der Waals surface area contributed by atoms with Crippen LogP contribution in [0.15, 0.2) is 64.3 Å². The highest BCUT2D eigenvalue weighted by atomic mass is 35.5. The van der Waals surface area contributed by atoms with Crippen molar-refractivity contribution in [2.75, 3.05) is 0 Å². The van der Waals surface area contributed by atoms with Crippen LogP contribution in [-0.2, 0) is 5.75 Å². The van der Waals surface area contributed by atoms with Gasteiger partial charge in [0.15, 0.2) is 0 Å². The van der Waals surface area contributed by atoms with Crippen LogP contribution in [0, 0.1) is 6.92 Å². The summed E-state index contributed by atoms with van der Waals surface area (Å²) < 4.78 is 2.99. The molecule has 0 N–H and O–H groups in total. The minimum absolute atomic E-state index is 0.154. The minimum Gasteiger partial charge on any atom is -0.289 e. The van der Waals surface area contributed by atoms with Crippen molar-refractivity contribution in [1.82, 2.24) is 9.13 Å². The monoisotopic (exact) mass is 400 g/mol. The molecule has 0 bridgehead atoms. The number of halogens is 1. The maximum absolute atomic E-state index is 13.0. The Morgan fingerprint density at radius 3 is 2.33 bits per heavy atom. The first-order chi connectivity index (χ1) is 12.9. The van der Waals surface area contributed by atoms with Gasteiger partial charge in [-0.2, -0.15) is 0 Å². The fourth-order valence-electron chi connectivity index (χ4n) is 3.18. The highest BCUT2D eigenvalue weighted by Gasteiger charge is 2.23. The van der Waals surface area contributed by atoms with Gasteiger partial charge < -0.3 is 0 Å². The molecule has 0 spiro atoms.